The highest BCUT2D eigenvalue weighted by Gasteiger charge is 2.26. The fourth-order valence-electron chi connectivity index (χ4n) is 1.13. The third kappa shape index (κ3) is 1.94. The zero-order valence-corrected chi connectivity index (χ0v) is 7.28. The van der Waals surface area contributed by atoms with Gasteiger partial charge < -0.3 is 0 Å². The number of hydrogen-bond donors (Lipinski definition) is 0. The van der Waals surface area contributed by atoms with E-state index >= 15 is 0 Å². The summed E-state index contributed by atoms with van der Waals surface area (Å²) in [5.41, 5.74) is 0. The summed E-state index contributed by atoms with van der Waals surface area (Å²) >= 11 is 8.73. The monoisotopic (exact) mass is 210 g/mol. The van der Waals surface area contributed by atoms with E-state index in [-0.39, 0.29) is 11.2 Å². The molecule has 1 saturated carbocycles. The van der Waals surface area contributed by atoms with Crippen LogP contribution in [0.4, 0.5) is 0 Å². The lowest BCUT2D eigenvalue weighted by molar-refractivity contribution is -0.114. The van der Waals surface area contributed by atoms with E-state index < -0.39 is 0 Å². The number of halogens is 2. The number of alkyl halides is 1. The van der Waals surface area contributed by atoms with Crippen molar-refractivity contribution in [2.45, 2.75) is 24.1 Å². The predicted molar refractivity (Wildman–Crippen MR) is 40.9 cm³/mol. The summed E-state index contributed by atoms with van der Waals surface area (Å²) in [5, 5.41) is -0.169. The van der Waals surface area contributed by atoms with Crippen LogP contribution in [-0.2, 0) is 4.79 Å². The van der Waals surface area contributed by atoms with Gasteiger partial charge in [-0.05, 0) is 30.9 Å². The van der Waals surface area contributed by atoms with E-state index in [1.54, 1.807) is 0 Å². The molecule has 1 nitrogen and oxygen atoms in total. The maximum absolute atomic E-state index is 10.5. The third-order valence-corrected chi connectivity index (χ3v) is 2.83. The van der Waals surface area contributed by atoms with E-state index in [4.69, 9.17) is 11.6 Å². The van der Waals surface area contributed by atoms with Gasteiger partial charge in [0, 0.05) is 10.7 Å². The maximum Gasteiger partial charge on any atom is 0.224 e. The van der Waals surface area contributed by atoms with Gasteiger partial charge in [0.15, 0.2) is 0 Å². The van der Waals surface area contributed by atoms with Crippen LogP contribution in [0.2, 0.25) is 0 Å². The molecule has 0 amide bonds. The van der Waals surface area contributed by atoms with Gasteiger partial charge in [0.05, 0.1) is 0 Å². The molecule has 0 aromatic rings. The molecule has 9 heavy (non-hydrogen) atoms. The SMILES string of the molecule is O=C(Cl)C1CCC(Br)C1. The molecule has 2 atom stereocenters. The zero-order chi connectivity index (χ0) is 6.85. The molecule has 1 aliphatic carbocycles. The highest BCUT2D eigenvalue weighted by Crippen LogP contribution is 2.31. The summed E-state index contributed by atoms with van der Waals surface area (Å²) in [7, 11) is 0. The molecule has 0 aromatic heterocycles. The van der Waals surface area contributed by atoms with Crippen molar-refractivity contribution in [1.82, 2.24) is 0 Å². The lowest BCUT2D eigenvalue weighted by Gasteiger charge is -1.98. The van der Waals surface area contributed by atoms with Crippen molar-refractivity contribution >= 4 is 32.8 Å². The molecule has 0 N–H and O–H groups in total. The molecule has 0 aliphatic heterocycles. The minimum atomic E-state index is -0.169. The molecule has 0 radical (unpaired) electrons. The second kappa shape index (κ2) is 3.02. The zero-order valence-electron chi connectivity index (χ0n) is 4.94. The normalized spacial score (nSPS) is 34.9. The average molecular weight is 211 g/mol. The Kier molecular flexibility index (Phi) is 2.53. The van der Waals surface area contributed by atoms with Crippen LogP contribution in [0.5, 0.6) is 0 Å². The standard InChI is InChI=1S/C6H8BrClO/c7-5-2-1-4(3-5)6(8)9/h4-5H,1-3H2. The average Bonchev–Trinajstić information content (AvgIpc) is 2.14. The van der Waals surface area contributed by atoms with Crippen molar-refractivity contribution in [3.8, 4) is 0 Å². The van der Waals surface area contributed by atoms with Crippen LogP contribution in [-0.4, -0.2) is 10.1 Å². The molecule has 0 aromatic carbocycles. The van der Waals surface area contributed by atoms with Crippen LogP contribution >= 0.6 is 27.5 Å². The van der Waals surface area contributed by atoms with Crippen molar-refractivity contribution in [3.05, 3.63) is 0 Å². The van der Waals surface area contributed by atoms with Gasteiger partial charge in [-0.25, -0.2) is 0 Å². The molecule has 1 rings (SSSR count). The Balaban J connectivity index is 2.39. The topological polar surface area (TPSA) is 17.1 Å². The van der Waals surface area contributed by atoms with Gasteiger partial charge in [0.25, 0.3) is 0 Å². The maximum atomic E-state index is 10.5. The molecule has 0 saturated heterocycles. The quantitative estimate of drug-likeness (QED) is 0.481. The second-order valence-corrected chi connectivity index (χ2v) is 4.08. The number of rotatable bonds is 1. The Bertz CT molecular complexity index is 126. The van der Waals surface area contributed by atoms with Crippen LogP contribution in [0.15, 0.2) is 0 Å². The van der Waals surface area contributed by atoms with Crippen LogP contribution in [0.3, 0.4) is 0 Å². The minimum Gasteiger partial charge on any atom is -0.281 e. The predicted octanol–water partition coefficient (Wildman–Crippen LogP) is 2.32. The Morgan fingerprint density at radius 3 is 2.44 bits per heavy atom. The minimum absolute atomic E-state index is 0.121. The Morgan fingerprint density at radius 1 is 1.56 bits per heavy atom. The van der Waals surface area contributed by atoms with Crippen LogP contribution in [0.1, 0.15) is 19.3 Å². The van der Waals surface area contributed by atoms with E-state index in [0.717, 1.165) is 19.3 Å². The van der Waals surface area contributed by atoms with Gasteiger partial charge >= 0.3 is 0 Å². The van der Waals surface area contributed by atoms with Gasteiger partial charge in [0.2, 0.25) is 5.24 Å². The molecule has 1 fully saturated rings. The number of hydrogen-bond acceptors (Lipinski definition) is 1. The third-order valence-electron chi connectivity index (χ3n) is 1.69. The summed E-state index contributed by atoms with van der Waals surface area (Å²) in [6.45, 7) is 0. The first-order valence-electron chi connectivity index (χ1n) is 3.03. The van der Waals surface area contributed by atoms with Gasteiger partial charge in [-0.15, -0.1) is 0 Å². The number of carbonyl (C=O) groups is 1. The first-order valence-corrected chi connectivity index (χ1v) is 4.33. The van der Waals surface area contributed by atoms with Crippen LogP contribution in [0.25, 0.3) is 0 Å². The van der Waals surface area contributed by atoms with Gasteiger partial charge in [0.1, 0.15) is 0 Å². The number of carbonyl (C=O) groups excluding carboxylic acids is 1. The molecule has 52 valence electrons. The summed E-state index contributed by atoms with van der Waals surface area (Å²) in [5.74, 6) is 0.121. The highest BCUT2D eigenvalue weighted by molar-refractivity contribution is 9.09. The molecule has 0 bridgehead atoms. The van der Waals surface area contributed by atoms with Crippen molar-refractivity contribution in [1.29, 1.82) is 0 Å². The van der Waals surface area contributed by atoms with Crippen LogP contribution in [0, 0.1) is 5.92 Å². The van der Waals surface area contributed by atoms with Crippen molar-refractivity contribution in [3.63, 3.8) is 0 Å². The fraction of sp³-hybridized carbons (Fsp3) is 0.833. The van der Waals surface area contributed by atoms with Crippen molar-refractivity contribution in [2.24, 2.45) is 5.92 Å². The summed E-state index contributed by atoms with van der Waals surface area (Å²) in [4.78, 5) is 11.1. The van der Waals surface area contributed by atoms with Crippen molar-refractivity contribution < 1.29 is 4.79 Å². The smallest absolute Gasteiger partial charge is 0.224 e. The molecule has 3 heteroatoms. The summed E-state index contributed by atoms with van der Waals surface area (Å²) in [6, 6.07) is 0. The van der Waals surface area contributed by atoms with E-state index in [0.29, 0.717) is 4.83 Å². The van der Waals surface area contributed by atoms with E-state index in [1.807, 2.05) is 0 Å². The summed E-state index contributed by atoms with van der Waals surface area (Å²) < 4.78 is 0. The molecular formula is C6H8BrClO. The first-order chi connectivity index (χ1) is 4.20. The molecule has 2 unspecified atom stereocenters. The highest BCUT2D eigenvalue weighted by atomic mass is 79.9. The van der Waals surface area contributed by atoms with E-state index in [1.165, 1.54) is 0 Å². The first kappa shape index (κ1) is 7.55. The van der Waals surface area contributed by atoms with E-state index in [9.17, 15) is 4.79 Å². The largest absolute Gasteiger partial charge is 0.281 e. The fourth-order valence-corrected chi connectivity index (χ4v) is 2.05. The van der Waals surface area contributed by atoms with Gasteiger partial charge in [-0.2, -0.15) is 0 Å². The molecule has 0 heterocycles. The Labute approximate surface area is 67.9 Å². The lowest BCUT2D eigenvalue weighted by atomic mass is 10.1. The van der Waals surface area contributed by atoms with Crippen LogP contribution < -0.4 is 0 Å². The van der Waals surface area contributed by atoms with Crippen molar-refractivity contribution in [2.75, 3.05) is 0 Å². The molecular weight excluding hydrogens is 203 g/mol. The lowest BCUT2D eigenvalue weighted by Crippen LogP contribution is -2.03. The van der Waals surface area contributed by atoms with Gasteiger partial charge in [-0.3, -0.25) is 4.79 Å². The molecule has 1 aliphatic rings. The summed E-state index contributed by atoms with van der Waals surface area (Å²) in [6.07, 6.45) is 2.96. The van der Waals surface area contributed by atoms with Gasteiger partial charge in [-0.1, -0.05) is 15.9 Å². The van der Waals surface area contributed by atoms with E-state index in [2.05, 4.69) is 15.9 Å². The Hall–Kier alpha value is 0.440. The second-order valence-electron chi connectivity index (χ2n) is 2.41. The molecule has 0 spiro atoms. The Morgan fingerprint density at radius 2 is 2.22 bits per heavy atom.